The van der Waals surface area contributed by atoms with Crippen molar-refractivity contribution in [3.05, 3.63) is 65.2 Å². The molecule has 4 rings (SSSR count). The summed E-state index contributed by atoms with van der Waals surface area (Å²) in [6.45, 7) is 4.22. The Morgan fingerprint density at radius 3 is 2.62 bits per heavy atom. The first-order valence-electron chi connectivity index (χ1n) is 8.11. The first-order valence-corrected chi connectivity index (χ1v) is 9.09. The highest BCUT2D eigenvalue weighted by Gasteiger charge is 2.23. The molecule has 0 bridgehead atoms. The zero-order chi connectivity index (χ0) is 16.5. The lowest BCUT2D eigenvalue weighted by atomic mass is 10.0. The van der Waals surface area contributed by atoms with Gasteiger partial charge >= 0.3 is 0 Å². The Hall–Kier alpha value is -2.33. The molecule has 120 valence electrons. The van der Waals surface area contributed by atoms with E-state index < -0.39 is 0 Å². The summed E-state index contributed by atoms with van der Waals surface area (Å²) < 4.78 is 6.09. The van der Waals surface area contributed by atoms with Gasteiger partial charge in [-0.25, -0.2) is 4.98 Å². The first-order chi connectivity index (χ1) is 11.7. The highest BCUT2D eigenvalue weighted by Crippen LogP contribution is 2.40. The Balaban J connectivity index is 1.82. The summed E-state index contributed by atoms with van der Waals surface area (Å²) in [6, 6.07) is 16.4. The zero-order valence-corrected chi connectivity index (χ0v) is 14.6. The second kappa shape index (κ2) is 6.29. The fourth-order valence-corrected chi connectivity index (χ4v) is 3.57. The van der Waals surface area contributed by atoms with E-state index in [2.05, 4.69) is 44.2 Å². The molecule has 24 heavy (non-hydrogen) atoms. The highest BCUT2D eigenvalue weighted by molar-refractivity contribution is 7.99. The van der Waals surface area contributed by atoms with Crippen LogP contribution < -0.4 is 4.74 Å². The van der Waals surface area contributed by atoms with E-state index in [4.69, 9.17) is 14.7 Å². The molecule has 0 spiro atoms. The summed E-state index contributed by atoms with van der Waals surface area (Å²) in [4.78, 5) is 9.53. The third-order valence-electron chi connectivity index (χ3n) is 4.07. The van der Waals surface area contributed by atoms with Crippen molar-refractivity contribution < 1.29 is 4.74 Å². The molecule has 0 aliphatic carbocycles. The van der Waals surface area contributed by atoms with Crippen LogP contribution in [-0.4, -0.2) is 15.7 Å². The van der Waals surface area contributed by atoms with Gasteiger partial charge in [0.05, 0.1) is 5.56 Å². The molecule has 2 aromatic carbocycles. The molecule has 0 radical (unpaired) electrons. The molecule has 0 saturated carbocycles. The summed E-state index contributed by atoms with van der Waals surface area (Å²) >= 11 is 1.75. The topological polar surface area (TPSA) is 35.0 Å². The molecular formula is C20H18N2OS. The monoisotopic (exact) mass is 334 g/mol. The number of thioether (sulfide) groups is 1. The molecule has 1 aromatic heterocycles. The van der Waals surface area contributed by atoms with E-state index in [1.165, 1.54) is 11.1 Å². The van der Waals surface area contributed by atoms with E-state index in [1.54, 1.807) is 11.8 Å². The molecule has 1 aliphatic rings. The van der Waals surface area contributed by atoms with Crippen LogP contribution >= 0.6 is 11.8 Å². The highest BCUT2D eigenvalue weighted by atomic mass is 32.2. The first kappa shape index (κ1) is 15.2. The van der Waals surface area contributed by atoms with E-state index in [1.807, 2.05) is 18.2 Å². The van der Waals surface area contributed by atoms with Gasteiger partial charge in [0.1, 0.15) is 10.8 Å². The molecule has 0 atom stereocenters. The summed E-state index contributed by atoms with van der Waals surface area (Å²) in [7, 11) is 0. The summed E-state index contributed by atoms with van der Waals surface area (Å²) in [5.74, 6) is 3.28. The maximum atomic E-state index is 6.09. The van der Waals surface area contributed by atoms with Gasteiger partial charge in [-0.15, -0.1) is 11.8 Å². The Kier molecular flexibility index (Phi) is 3.98. The van der Waals surface area contributed by atoms with Crippen LogP contribution in [0.1, 0.15) is 23.6 Å². The van der Waals surface area contributed by atoms with Gasteiger partial charge in [-0.1, -0.05) is 55.0 Å². The number of hydrogen-bond donors (Lipinski definition) is 0. The van der Waals surface area contributed by atoms with Crippen LogP contribution in [0.3, 0.4) is 0 Å². The van der Waals surface area contributed by atoms with Gasteiger partial charge < -0.3 is 4.74 Å². The third kappa shape index (κ3) is 2.78. The van der Waals surface area contributed by atoms with Crippen molar-refractivity contribution in [2.45, 2.75) is 25.3 Å². The zero-order valence-electron chi connectivity index (χ0n) is 13.7. The largest absolute Gasteiger partial charge is 0.438 e. The number of benzene rings is 2. The number of para-hydroxylation sites is 1. The van der Waals surface area contributed by atoms with E-state index >= 15 is 0 Å². The van der Waals surface area contributed by atoms with Gasteiger partial charge in [0.2, 0.25) is 5.88 Å². The van der Waals surface area contributed by atoms with Gasteiger partial charge in [-0.2, -0.15) is 4.98 Å². The Morgan fingerprint density at radius 1 is 1.04 bits per heavy atom. The van der Waals surface area contributed by atoms with Crippen molar-refractivity contribution >= 4 is 11.8 Å². The van der Waals surface area contributed by atoms with E-state index in [9.17, 15) is 0 Å². The predicted molar refractivity (Wildman–Crippen MR) is 97.9 cm³/mol. The lowest BCUT2D eigenvalue weighted by molar-refractivity contribution is 0.435. The maximum absolute atomic E-state index is 6.09. The second-order valence-corrected chi connectivity index (χ2v) is 7.07. The quantitative estimate of drug-likeness (QED) is 0.378. The number of aryl methyl sites for hydroxylation is 1. The Bertz CT molecular complexity index is 891. The van der Waals surface area contributed by atoms with Crippen LogP contribution in [0.15, 0.2) is 53.6 Å². The summed E-state index contributed by atoms with van der Waals surface area (Å²) in [5, 5.41) is 1.02. The van der Waals surface area contributed by atoms with Gasteiger partial charge in [0, 0.05) is 12.0 Å². The maximum Gasteiger partial charge on any atom is 0.227 e. The minimum Gasteiger partial charge on any atom is -0.438 e. The van der Waals surface area contributed by atoms with Crippen molar-refractivity contribution in [1.82, 2.24) is 9.97 Å². The molecule has 3 nitrogen and oxygen atoms in total. The normalized spacial score (nSPS) is 12.2. The van der Waals surface area contributed by atoms with E-state index in [-0.39, 0.29) is 0 Å². The van der Waals surface area contributed by atoms with Gasteiger partial charge in [0.15, 0.2) is 5.82 Å². The molecule has 1 aliphatic heterocycles. The lowest BCUT2D eigenvalue weighted by Gasteiger charge is -2.21. The van der Waals surface area contributed by atoms with Crippen LogP contribution in [0, 0.1) is 6.92 Å². The van der Waals surface area contributed by atoms with E-state index in [0.29, 0.717) is 5.88 Å². The summed E-state index contributed by atoms with van der Waals surface area (Å²) in [6.07, 6.45) is 0.821. The van der Waals surface area contributed by atoms with Crippen LogP contribution in [0.4, 0.5) is 0 Å². The fourth-order valence-electron chi connectivity index (χ4n) is 2.81. The minimum absolute atomic E-state index is 0.690. The van der Waals surface area contributed by atoms with Crippen LogP contribution in [0.5, 0.6) is 11.6 Å². The standard InChI is InChI=1S/C20H18N2OS/c1-3-24-20-16-12-15-6-4-5-7-17(15)23-19(16)21-18(22-20)14-10-8-13(2)9-11-14/h4-11H,3,12H2,1-2H3. The fraction of sp³-hybridized carbons (Fsp3) is 0.200. The second-order valence-electron chi connectivity index (χ2n) is 5.82. The molecule has 3 aromatic rings. The van der Waals surface area contributed by atoms with Crippen molar-refractivity contribution in [3.63, 3.8) is 0 Å². The van der Waals surface area contributed by atoms with Gasteiger partial charge in [-0.3, -0.25) is 0 Å². The number of aromatic nitrogens is 2. The number of fused-ring (bicyclic) bond motifs is 2. The van der Waals surface area contributed by atoms with Crippen molar-refractivity contribution in [2.24, 2.45) is 0 Å². The number of hydrogen-bond acceptors (Lipinski definition) is 4. The molecule has 0 saturated heterocycles. The Labute approximate surface area is 146 Å². The van der Waals surface area contributed by atoms with Crippen molar-refractivity contribution in [2.75, 3.05) is 5.75 Å². The average molecular weight is 334 g/mol. The van der Waals surface area contributed by atoms with Crippen LogP contribution in [0.25, 0.3) is 11.4 Å². The molecule has 2 heterocycles. The molecule has 0 unspecified atom stereocenters. The smallest absolute Gasteiger partial charge is 0.227 e. The molecule has 0 N–H and O–H groups in total. The SMILES string of the molecule is CCSc1nc(-c2ccc(C)cc2)nc2c1Cc1ccccc1O2. The molecule has 0 amide bonds. The van der Waals surface area contributed by atoms with Crippen molar-refractivity contribution in [1.29, 1.82) is 0 Å². The molecule has 4 heteroatoms. The van der Waals surface area contributed by atoms with E-state index in [0.717, 1.165) is 39.9 Å². The van der Waals surface area contributed by atoms with Crippen molar-refractivity contribution in [3.8, 4) is 23.0 Å². The number of ether oxygens (including phenoxy) is 1. The summed E-state index contributed by atoms with van der Waals surface area (Å²) in [5.41, 5.74) is 4.53. The van der Waals surface area contributed by atoms with Gasteiger partial charge in [-0.05, 0) is 24.3 Å². The number of nitrogens with zero attached hydrogens (tertiary/aromatic N) is 2. The van der Waals surface area contributed by atoms with Crippen LogP contribution in [0.2, 0.25) is 0 Å². The van der Waals surface area contributed by atoms with Gasteiger partial charge in [0.25, 0.3) is 0 Å². The molecular weight excluding hydrogens is 316 g/mol. The van der Waals surface area contributed by atoms with Crippen LogP contribution in [-0.2, 0) is 6.42 Å². The molecule has 0 fully saturated rings. The average Bonchev–Trinajstić information content (AvgIpc) is 2.61. The Morgan fingerprint density at radius 2 is 1.83 bits per heavy atom. The minimum atomic E-state index is 0.690. The third-order valence-corrected chi connectivity index (χ3v) is 4.97. The predicted octanol–water partition coefficient (Wildman–Crippen LogP) is 5.26. The number of rotatable bonds is 3. The lowest BCUT2D eigenvalue weighted by Crippen LogP contribution is -2.09.